The maximum atomic E-state index is 11.5. The Bertz CT molecular complexity index is 471. The van der Waals surface area contributed by atoms with Gasteiger partial charge in [-0.3, -0.25) is 20.2 Å². The van der Waals surface area contributed by atoms with E-state index in [4.69, 9.17) is 0 Å². The van der Waals surface area contributed by atoms with E-state index in [1.54, 1.807) is 25.1 Å². The van der Waals surface area contributed by atoms with Gasteiger partial charge in [-0.1, -0.05) is 6.07 Å². The van der Waals surface area contributed by atoms with E-state index in [0.29, 0.717) is 0 Å². The fraction of sp³-hybridized carbons (Fsp3) is 0.125. The number of aromatic amines is 1. The quantitative estimate of drug-likeness (QED) is 0.583. The molecule has 0 spiro atoms. The first-order valence-corrected chi connectivity index (χ1v) is 4.19. The average Bonchev–Trinajstić information content (AvgIpc) is 2.70. The van der Waals surface area contributed by atoms with Gasteiger partial charge in [-0.2, -0.15) is 0 Å². The molecule has 0 aliphatic carbocycles. The maximum absolute atomic E-state index is 11.5. The molecule has 0 unspecified atom stereocenters. The molecule has 2 aromatic rings. The second-order valence-corrected chi connectivity index (χ2v) is 2.79. The van der Waals surface area contributed by atoms with Gasteiger partial charge >= 0.3 is 29.6 Å². The average molecular weight is 226 g/mol. The molecule has 0 saturated heterocycles. The van der Waals surface area contributed by atoms with Crippen molar-refractivity contribution in [1.29, 1.82) is 0 Å². The number of aromatic nitrogens is 5. The van der Waals surface area contributed by atoms with E-state index in [1.165, 1.54) is 0 Å². The van der Waals surface area contributed by atoms with Crippen LogP contribution in [0.4, 0.5) is 5.95 Å². The predicted octanol–water partition coefficient (Wildman–Crippen LogP) is -2.25. The number of amides is 1. The van der Waals surface area contributed by atoms with Crippen molar-refractivity contribution in [2.24, 2.45) is 0 Å². The number of pyridine rings is 1. The van der Waals surface area contributed by atoms with Crippen molar-refractivity contribution in [1.82, 2.24) is 25.6 Å². The SMILES string of the molecule is Cc1cccc(C(=O)[N-]c2nn[nH]n2)n1.[Na+]. The van der Waals surface area contributed by atoms with Gasteiger partial charge in [-0.15, -0.1) is 5.21 Å². The standard InChI is InChI=1S/C8H8N6O.Na/c1-5-3-2-4-6(9-5)7(15)10-8-11-13-14-12-8;/h2-4H,1H3,(H2,9,10,11,12,13,14,15);/q;+1/p-1. The number of carbonyl (C=O) groups excluding carboxylic acids is 1. The third-order valence-electron chi connectivity index (χ3n) is 1.64. The molecule has 0 aliphatic heterocycles. The fourth-order valence-corrected chi connectivity index (χ4v) is 1.01. The van der Waals surface area contributed by atoms with Gasteiger partial charge < -0.3 is 5.32 Å². The molecular formula is C8H7N6NaO. The Morgan fingerprint density at radius 1 is 1.44 bits per heavy atom. The molecule has 0 radical (unpaired) electrons. The van der Waals surface area contributed by atoms with Gasteiger partial charge in [-0.25, -0.2) is 4.98 Å². The van der Waals surface area contributed by atoms with E-state index in [1.807, 2.05) is 0 Å². The summed E-state index contributed by atoms with van der Waals surface area (Å²) in [6.07, 6.45) is 0. The Morgan fingerprint density at radius 2 is 2.25 bits per heavy atom. The number of rotatable bonds is 2. The Labute approximate surface area is 113 Å². The van der Waals surface area contributed by atoms with Gasteiger partial charge in [0.25, 0.3) is 0 Å². The molecule has 0 atom stereocenters. The van der Waals surface area contributed by atoms with Crippen LogP contribution < -0.4 is 29.6 Å². The molecule has 7 nitrogen and oxygen atoms in total. The van der Waals surface area contributed by atoms with E-state index in [0.717, 1.165) is 5.69 Å². The molecule has 1 amide bonds. The van der Waals surface area contributed by atoms with Crippen molar-refractivity contribution in [3.05, 3.63) is 34.9 Å². The molecule has 1 N–H and O–H groups in total. The van der Waals surface area contributed by atoms with Crippen LogP contribution >= 0.6 is 0 Å². The molecule has 0 aliphatic rings. The van der Waals surface area contributed by atoms with Gasteiger partial charge in [0.05, 0.1) is 5.95 Å². The van der Waals surface area contributed by atoms with Crippen LogP contribution in [0.2, 0.25) is 0 Å². The number of hydrogen-bond acceptors (Lipinski definition) is 5. The first-order chi connectivity index (χ1) is 7.25. The molecule has 76 valence electrons. The topological polar surface area (TPSA) is 98.5 Å². The van der Waals surface area contributed by atoms with Crippen LogP contribution in [0.15, 0.2) is 18.2 Å². The summed E-state index contributed by atoms with van der Waals surface area (Å²) < 4.78 is 0. The predicted molar refractivity (Wildman–Crippen MR) is 50.5 cm³/mol. The van der Waals surface area contributed by atoms with E-state index >= 15 is 0 Å². The minimum absolute atomic E-state index is 0. The molecule has 8 heteroatoms. The number of tetrazole rings is 1. The number of nitrogens with one attached hydrogen (secondary N) is 1. The summed E-state index contributed by atoms with van der Waals surface area (Å²) in [7, 11) is 0. The molecule has 0 aromatic carbocycles. The van der Waals surface area contributed by atoms with Crippen LogP contribution in [0.1, 0.15) is 16.2 Å². The maximum Gasteiger partial charge on any atom is 1.00 e. The summed E-state index contributed by atoms with van der Waals surface area (Å²) in [5.74, 6) is -0.483. The monoisotopic (exact) mass is 226 g/mol. The molecule has 2 aromatic heterocycles. The van der Waals surface area contributed by atoms with Gasteiger partial charge in [0, 0.05) is 5.69 Å². The van der Waals surface area contributed by atoms with Crippen LogP contribution in [0.3, 0.4) is 0 Å². The van der Waals surface area contributed by atoms with E-state index in [9.17, 15) is 4.79 Å². The number of nitrogens with zero attached hydrogens (tertiary/aromatic N) is 5. The Morgan fingerprint density at radius 3 is 2.88 bits per heavy atom. The molecule has 16 heavy (non-hydrogen) atoms. The first kappa shape index (κ1) is 12.8. The zero-order valence-corrected chi connectivity index (χ0v) is 10.9. The molecule has 0 bridgehead atoms. The summed E-state index contributed by atoms with van der Waals surface area (Å²) in [6, 6.07) is 5.12. The summed E-state index contributed by atoms with van der Waals surface area (Å²) in [6.45, 7) is 1.80. The summed E-state index contributed by atoms with van der Waals surface area (Å²) in [5, 5.41) is 16.2. The number of carbonyl (C=O) groups is 1. The van der Waals surface area contributed by atoms with E-state index < -0.39 is 5.91 Å². The smallest absolute Gasteiger partial charge is 0.318 e. The van der Waals surface area contributed by atoms with Gasteiger partial charge in [0.1, 0.15) is 5.69 Å². The second-order valence-electron chi connectivity index (χ2n) is 2.79. The minimum atomic E-state index is -0.486. The summed E-state index contributed by atoms with van der Waals surface area (Å²) in [5.41, 5.74) is 1.02. The number of H-pyrrole nitrogens is 1. The fourth-order valence-electron chi connectivity index (χ4n) is 1.01. The van der Waals surface area contributed by atoms with Crippen LogP contribution in [-0.4, -0.2) is 31.5 Å². The number of aryl methyl sites for hydroxylation is 1. The number of hydrogen-bond donors (Lipinski definition) is 1. The zero-order valence-electron chi connectivity index (χ0n) is 8.88. The summed E-state index contributed by atoms with van der Waals surface area (Å²) >= 11 is 0. The van der Waals surface area contributed by atoms with E-state index in [2.05, 4.69) is 30.9 Å². The molecule has 2 rings (SSSR count). The Hall–Kier alpha value is -1.31. The minimum Gasteiger partial charge on any atom is -0.318 e. The third-order valence-corrected chi connectivity index (χ3v) is 1.64. The Balaban J connectivity index is 0.00000128. The van der Waals surface area contributed by atoms with Crippen molar-refractivity contribution in [3.8, 4) is 0 Å². The van der Waals surface area contributed by atoms with Crippen molar-refractivity contribution in [2.75, 3.05) is 0 Å². The molecule has 2 heterocycles. The summed E-state index contributed by atoms with van der Waals surface area (Å²) in [4.78, 5) is 15.5. The van der Waals surface area contributed by atoms with Crippen molar-refractivity contribution >= 4 is 11.9 Å². The van der Waals surface area contributed by atoms with Gasteiger partial charge in [-0.05, 0) is 19.1 Å². The van der Waals surface area contributed by atoms with Crippen molar-refractivity contribution in [2.45, 2.75) is 6.92 Å². The van der Waals surface area contributed by atoms with Crippen LogP contribution in [0.5, 0.6) is 0 Å². The normalized spacial score (nSPS) is 9.31. The molecule has 0 fully saturated rings. The largest absolute Gasteiger partial charge is 1.00 e. The van der Waals surface area contributed by atoms with Crippen molar-refractivity contribution < 1.29 is 34.4 Å². The first-order valence-electron chi connectivity index (χ1n) is 4.19. The molecular weight excluding hydrogens is 219 g/mol. The second kappa shape index (κ2) is 5.69. The molecule has 0 saturated carbocycles. The van der Waals surface area contributed by atoms with E-state index in [-0.39, 0.29) is 41.2 Å². The van der Waals surface area contributed by atoms with Crippen molar-refractivity contribution in [3.63, 3.8) is 0 Å². The van der Waals surface area contributed by atoms with Gasteiger partial charge in [0.2, 0.25) is 5.91 Å². The zero-order chi connectivity index (χ0) is 10.7. The van der Waals surface area contributed by atoms with Crippen LogP contribution in [-0.2, 0) is 0 Å². The van der Waals surface area contributed by atoms with Gasteiger partial charge in [0.15, 0.2) is 0 Å². The van der Waals surface area contributed by atoms with Crippen LogP contribution in [0, 0.1) is 6.92 Å². The Kier molecular flexibility index (Phi) is 4.53. The third kappa shape index (κ3) is 3.09. The van der Waals surface area contributed by atoms with Crippen LogP contribution in [0.25, 0.3) is 5.32 Å².